The molecule has 3 rings (SSSR count). The molecule has 1 saturated carbocycles. The number of carbonyl (C=O) groups is 1. The summed E-state index contributed by atoms with van der Waals surface area (Å²) in [7, 11) is 0. The monoisotopic (exact) mass is 313 g/mol. The molecule has 9 heteroatoms. The van der Waals surface area contributed by atoms with Gasteiger partial charge in [-0.15, -0.1) is 0 Å². The van der Waals surface area contributed by atoms with E-state index in [2.05, 4.69) is 19.8 Å². The molecule has 21 heavy (non-hydrogen) atoms. The highest BCUT2D eigenvalue weighted by Crippen LogP contribution is 2.32. The zero-order valence-corrected chi connectivity index (χ0v) is 11.8. The topological polar surface area (TPSA) is 72.7 Å². The maximum Gasteiger partial charge on any atom is 0.275 e. The van der Waals surface area contributed by atoms with Crippen LogP contribution in [0.5, 0.6) is 0 Å². The van der Waals surface area contributed by atoms with Crippen molar-refractivity contribution in [1.82, 2.24) is 19.1 Å². The molecule has 2 aromatic heterocycles. The van der Waals surface area contributed by atoms with Gasteiger partial charge >= 0.3 is 0 Å². The number of hydrogen-bond donors (Lipinski definition) is 1. The van der Waals surface area contributed by atoms with E-state index in [9.17, 15) is 13.6 Å². The fourth-order valence-corrected chi connectivity index (χ4v) is 2.52. The highest BCUT2D eigenvalue weighted by Gasteiger charge is 2.24. The Morgan fingerprint density at radius 3 is 3.05 bits per heavy atom. The summed E-state index contributed by atoms with van der Waals surface area (Å²) in [5.74, 6) is 0.872. The lowest BCUT2D eigenvalue weighted by molar-refractivity contribution is 0.0989. The van der Waals surface area contributed by atoms with Crippen LogP contribution in [0.2, 0.25) is 0 Å². The lowest BCUT2D eigenvalue weighted by Gasteiger charge is -2.05. The van der Waals surface area contributed by atoms with Crippen molar-refractivity contribution in [3.63, 3.8) is 0 Å². The molecular weight excluding hydrogens is 300 g/mol. The molecule has 0 spiro atoms. The van der Waals surface area contributed by atoms with Crippen molar-refractivity contribution in [1.29, 1.82) is 0 Å². The van der Waals surface area contributed by atoms with Gasteiger partial charge in [-0.2, -0.15) is 9.47 Å². The quantitative estimate of drug-likeness (QED) is 0.887. The van der Waals surface area contributed by atoms with Gasteiger partial charge in [0.2, 0.25) is 5.13 Å². The Morgan fingerprint density at radius 1 is 1.52 bits per heavy atom. The van der Waals surface area contributed by atoms with Crippen molar-refractivity contribution in [3.8, 4) is 0 Å². The minimum absolute atomic E-state index is 0.0780. The van der Waals surface area contributed by atoms with Crippen molar-refractivity contribution in [2.24, 2.45) is 5.92 Å². The summed E-state index contributed by atoms with van der Waals surface area (Å²) in [6, 6.07) is 1.39. The van der Waals surface area contributed by atoms with Gasteiger partial charge in [0.05, 0.1) is 0 Å². The smallest absolute Gasteiger partial charge is 0.275 e. The highest BCUT2D eigenvalue weighted by atomic mass is 32.1. The molecular formula is C12H13F2N5OS. The maximum absolute atomic E-state index is 12.4. The number of alkyl halides is 2. The van der Waals surface area contributed by atoms with Crippen LogP contribution in [0.15, 0.2) is 12.3 Å². The molecule has 1 aliphatic rings. The van der Waals surface area contributed by atoms with Crippen LogP contribution in [-0.4, -0.2) is 31.5 Å². The zero-order valence-electron chi connectivity index (χ0n) is 11.0. The number of rotatable bonds is 6. The van der Waals surface area contributed by atoms with E-state index >= 15 is 0 Å². The van der Waals surface area contributed by atoms with Gasteiger partial charge in [0, 0.05) is 24.2 Å². The number of carbonyl (C=O) groups excluding carboxylic acids is 1. The number of halogens is 2. The van der Waals surface area contributed by atoms with E-state index < -0.39 is 18.9 Å². The lowest BCUT2D eigenvalue weighted by atomic mass is 10.3. The van der Waals surface area contributed by atoms with Crippen molar-refractivity contribution in [2.75, 3.05) is 5.32 Å². The molecule has 0 radical (unpaired) electrons. The van der Waals surface area contributed by atoms with Crippen LogP contribution in [-0.2, 0) is 13.0 Å². The van der Waals surface area contributed by atoms with Crippen molar-refractivity contribution < 1.29 is 13.6 Å². The molecule has 0 saturated heterocycles. The average molecular weight is 313 g/mol. The number of hydrogen-bond acceptors (Lipinski definition) is 5. The Hall–Kier alpha value is -1.90. The van der Waals surface area contributed by atoms with Crippen LogP contribution in [0, 0.1) is 5.92 Å². The number of aromatic nitrogens is 4. The summed E-state index contributed by atoms with van der Waals surface area (Å²) in [6.45, 7) is -0.612. The Labute approximate surface area is 123 Å². The second-order valence-corrected chi connectivity index (χ2v) is 5.66. The first-order valence-electron chi connectivity index (χ1n) is 6.55. The van der Waals surface area contributed by atoms with Crippen LogP contribution >= 0.6 is 11.5 Å². The summed E-state index contributed by atoms with van der Waals surface area (Å²) in [5.41, 5.74) is 0.0780. The SMILES string of the molecule is O=C(Nc1nc(CC2CC2)ns1)c1ccnn1CC(F)F. The van der Waals surface area contributed by atoms with E-state index in [0.717, 1.165) is 28.5 Å². The van der Waals surface area contributed by atoms with E-state index in [1.165, 1.54) is 25.1 Å². The minimum atomic E-state index is -2.57. The van der Waals surface area contributed by atoms with Gasteiger partial charge in [0.25, 0.3) is 12.3 Å². The van der Waals surface area contributed by atoms with E-state index in [-0.39, 0.29) is 5.69 Å². The van der Waals surface area contributed by atoms with Crippen LogP contribution in [0.4, 0.5) is 13.9 Å². The number of nitrogens with zero attached hydrogens (tertiary/aromatic N) is 4. The molecule has 1 aliphatic carbocycles. The molecule has 112 valence electrons. The Balaban J connectivity index is 1.65. The van der Waals surface area contributed by atoms with Gasteiger partial charge in [-0.25, -0.2) is 13.8 Å². The fourth-order valence-electron chi connectivity index (χ4n) is 1.93. The van der Waals surface area contributed by atoms with Gasteiger partial charge < -0.3 is 0 Å². The predicted octanol–water partition coefficient (Wildman–Crippen LogP) is 2.20. The van der Waals surface area contributed by atoms with Crippen LogP contribution in [0.25, 0.3) is 0 Å². The van der Waals surface area contributed by atoms with Crippen LogP contribution in [0.1, 0.15) is 29.2 Å². The molecule has 0 bridgehead atoms. The normalized spacial score (nSPS) is 14.6. The molecule has 0 atom stereocenters. The van der Waals surface area contributed by atoms with Crippen molar-refractivity contribution in [3.05, 3.63) is 23.8 Å². The zero-order chi connectivity index (χ0) is 14.8. The lowest BCUT2D eigenvalue weighted by Crippen LogP contribution is -2.20. The third-order valence-corrected chi connectivity index (χ3v) is 3.79. The molecule has 0 unspecified atom stereocenters. The average Bonchev–Trinajstić information content (AvgIpc) is 2.93. The third-order valence-electron chi connectivity index (χ3n) is 3.12. The Bertz CT molecular complexity index is 637. The van der Waals surface area contributed by atoms with Crippen LogP contribution < -0.4 is 5.32 Å². The minimum Gasteiger partial charge on any atom is -0.295 e. The number of amides is 1. The molecule has 1 N–H and O–H groups in total. The van der Waals surface area contributed by atoms with E-state index in [1.54, 1.807) is 0 Å². The summed E-state index contributed by atoms with van der Waals surface area (Å²) < 4.78 is 29.9. The van der Waals surface area contributed by atoms with Gasteiger partial charge in [-0.3, -0.25) is 14.8 Å². The summed E-state index contributed by atoms with van der Waals surface area (Å²) in [5, 5.41) is 6.66. The molecule has 2 heterocycles. The van der Waals surface area contributed by atoms with Gasteiger partial charge in [0.15, 0.2) is 0 Å². The molecule has 1 fully saturated rings. The number of anilines is 1. The first-order chi connectivity index (χ1) is 10.1. The molecule has 6 nitrogen and oxygen atoms in total. The van der Waals surface area contributed by atoms with Crippen molar-refractivity contribution >= 4 is 22.6 Å². The summed E-state index contributed by atoms with van der Waals surface area (Å²) >= 11 is 1.09. The fraction of sp³-hybridized carbons (Fsp3) is 0.500. The Kier molecular flexibility index (Phi) is 3.91. The molecule has 1 amide bonds. The van der Waals surface area contributed by atoms with Crippen LogP contribution in [0.3, 0.4) is 0 Å². The molecule has 0 aromatic carbocycles. The molecule has 0 aliphatic heterocycles. The third kappa shape index (κ3) is 3.60. The summed E-state index contributed by atoms with van der Waals surface area (Å²) in [6.07, 6.45) is 1.98. The first-order valence-corrected chi connectivity index (χ1v) is 7.33. The Morgan fingerprint density at radius 2 is 2.33 bits per heavy atom. The van der Waals surface area contributed by atoms with E-state index in [0.29, 0.717) is 11.0 Å². The first kappa shape index (κ1) is 14.1. The second kappa shape index (κ2) is 5.84. The predicted molar refractivity (Wildman–Crippen MR) is 72.5 cm³/mol. The standard InChI is InChI=1S/C12H13F2N5OS/c13-9(14)6-19-8(3-4-15-19)11(20)17-12-16-10(18-21-12)5-7-1-2-7/h3-4,7,9H,1-2,5-6H2,(H,16,17,18,20). The maximum atomic E-state index is 12.4. The number of nitrogens with one attached hydrogen (secondary N) is 1. The van der Waals surface area contributed by atoms with Gasteiger partial charge in [-0.05, 0) is 24.8 Å². The summed E-state index contributed by atoms with van der Waals surface area (Å²) in [4.78, 5) is 16.3. The highest BCUT2D eigenvalue weighted by molar-refractivity contribution is 7.09. The van der Waals surface area contributed by atoms with E-state index in [4.69, 9.17) is 0 Å². The van der Waals surface area contributed by atoms with Gasteiger partial charge in [0.1, 0.15) is 18.1 Å². The largest absolute Gasteiger partial charge is 0.295 e. The van der Waals surface area contributed by atoms with E-state index in [1.807, 2.05) is 0 Å². The van der Waals surface area contributed by atoms with Crippen molar-refractivity contribution in [2.45, 2.75) is 32.2 Å². The van der Waals surface area contributed by atoms with Gasteiger partial charge in [-0.1, -0.05) is 0 Å². The molecule has 2 aromatic rings. The second-order valence-electron chi connectivity index (χ2n) is 4.91.